The average molecular weight is 818 g/mol. The van der Waals surface area contributed by atoms with Crippen molar-refractivity contribution in [3.05, 3.63) is 41.3 Å². The Hall–Kier alpha value is -3.90. The number of anilines is 1. The number of ether oxygens (including phenoxy) is 2. The number of carbonyl (C=O) groups excluding carboxylic acids is 2. The van der Waals surface area contributed by atoms with Crippen LogP contribution < -0.4 is 10.8 Å². The van der Waals surface area contributed by atoms with Crippen LogP contribution >= 0.6 is 0 Å². The molecule has 2 N–H and O–H groups in total. The van der Waals surface area contributed by atoms with E-state index in [1.165, 1.54) is 45.0 Å². The van der Waals surface area contributed by atoms with E-state index in [1.807, 2.05) is 27.7 Å². The molecule has 0 aromatic heterocycles. The number of piperidine rings is 2. The first-order valence-corrected chi connectivity index (χ1v) is 21.9. The zero-order valence-corrected chi connectivity index (χ0v) is 35.3. The Morgan fingerprint density at radius 1 is 0.786 bits per heavy atom. The molecular weight excluding hydrogens is 763 g/mol. The van der Waals surface area contributed by atoms with E-state index < -0.39 is 50.5 Å². The van der Waals surface area contributed by atoms with Crippen molar-refractivity contribution in [3.8, 4) is 0 Å². The van der Waals surface area contributed by atoms with Crippen molar-refractivity contribution in [1.29, 1.82) is 0 Å². The number of alkyl carbamates (subject to hydrolysis) is 1. The van der Waals surface area contributed by atoms with Crippen LogP contribution in [0.3, 0.4) is 0 Å². The van der Waals surface area contributed by atoms with Gasteiger partial charge in [-0.25, -0.2) is 31.3 Å². The van der Waals surface area contributed by atoms with Gasteiger partial charge in [0.15, 0.2) is 0 Å². The summed E-state index contributed by atoms with van der Waals surface area (Å²) in [6.07, 6.45) is 1.02. The van der Waals surface area contributed by atoms with Gasteiger partial charge < -0.3 is 14.8 Å². The largest absolute Gasteiger partial charge is 0.444 e. The molecule has 2 aliphatic rings. The fourth-order valence-corrected chi connectivity index (χ4v) is 11.2. The molecule has 5 rings (SSSR count). The standard InChI is InChI=1S/C39H55N5O10S2/c1-23(2)34(40-38(46)54-39(7,8)9)37(45)52-22-53-42-36-30-12-10-28(55(48,49)43-18-24(3)14-25(4)19-43)16-32(30)35(41-47)33-17-29(11-13-31(33)36)56(50,51)44-20-26(5)15-27(6)21-44/h10-13,16-17,23-27,34,42H,14-15,18-22H2,1-9H3,(H,40,46)/t24-,25+,26-,27+,34?. The van der Waals surface area contributed by atoms with E-state index >= 15 is 0 Å². The van der Waals surface area contributed by atoms with Crippen LogP contribution in [-0.4, -0.2) is 82.1 Å². The number of nitrogens with one attached hydrogen (secondary N) is 2. The fourth-order valence-electron chi connectivity index (χ4n) is 7.81. The SMILES string of the molecule is CC(C)C(NC(=O)OC(C)(C)C)C(=O)OCONc1c2ccc(S(=O)(=O)N3C[C@H](C)C[C@H](C)C3)cc2c(N=O)c2cc(S(=O)(=O)N3C[C@H](C)C[C@H](C)C3)ccc12. The van der Waals surface area contributed by atoms with E-state index in [9.17, 15) is 31.3 Å². The highest BCUT2D eigenvalue weighted by atomic mass is 32.2. The maximum atomic E-state index is 14.0. The van der Waals surface area contributed by atoms with Crippen molar-refractivity contribution in [2.24, 2.45) is 34.8 Å². The summed E-state index contributed by atoms with van der Waals surface area (Å²) in [6.45, 7) is 17.3. The molecule has 0 saturated carbocycles. The van der Waals surface area contributed by atoms with Crippen molar-refractivity contribution in [3.63, 3.8) is 0 Å². The molecule has 3 aromatic rings. The van der Waals surface area contributed by atoms with Gasteiger partial charge in [0.25, 0.3) is 0 Å². The van der Waals surface area contributed by atoms with E-state index in [-0.39, 0.29) is 61.5 Å². The molecule has 3 aromatic carbocycles. The molecule has 2 fully saturated rings. The van der Waals surface area contributed by atoms with Crippen LogP contribution in [0.2, 0.25) is 0 Å². The number of benzene rings is 3. The molecule has 0 bridgehead atoms. The molecular formula is C39H55N5O10S2. The first-order valence-electron chi connectivity index (χ1n) is 19.0. The Morgan fingerprint density at radius 3 is 1.62 bits per heavy atom. The summed E-state index contributed by atoms with van der Waals surface area (Å²) in [5.74, 6) is -0.521. The number of rotatable bonds is 12. The minimum Gasteiger partial charge on any atom is -0.444 e. The number of sulfonamides is 2. The van der Waals surface area contributed by atoms with Gasteiger partial charge in [0.05, 0.1) is 15.5 Å². The number of esters is 1. The summed E-state index contributed by atoms with van der Waals surface area (Å²) < 4.78 is 69.6. The van der Waals surface area contributed by atoms with E-state index in [0.29, 0.717) is 37.0 Å². The van der Waals surface area contributed by atoms with Gasteiger partial charge in [-0.2, -0.15) is 8.61 Å². The number of nitroso groups, excluding NO2 is 1. The van der Waals surface area contributed by atoms with E-state index in [0.717, 1.165) is 12.8 Å². The average Bonchev–Trinajstić information content (AvgIpc) is 3.09. The van der Waals surface area contributed by atoms with Crippen LogP contribution in [0.1, 0.15) is 75.2 Å². The lowest BCUT2D eigenvalue weighted by Crippen LogP contribution is -2.47. The molecule has 17 heteroatoms. The normalized spacial score (nSPS) is 22.2. The molecule has 0 radical (unpaired) electrons. The van der Waals surface area contributed by atoms with Crippen molar-refractivity contribution >= 4 is 65.0 Å². The molecule has 2 saturated heterocycles. The molecule has 1 unspecified atom stereocenters. The summed E-state index contributed by atoms with van der Waals surface area (Å²) in [4.78, 5) is 43.7. The minimum absolute atomic E-state index is 0.0476. The second-order valence-corrected chi connectivity index (χ2v) is 20.8. The summed E-state index contributed by atoms with van der Waals surface area (Å²) >= 11 is 0. The number of fused-ring (bicyclic) bond motifs is 2. The number of nitrogens with zero attached hydrogens (tertiary/aromatic N) is 3. The minimum atomic E-state index is -3.99. The van der Waals surface area contributed by atoms with Crippen molar-refractivity contribution in [1.82, 2.24) is 13.9 Å². The first-order chi connectivity index (χ1) is 26.1. The predicted molar refractivity (Wildman–Crippen MR) is 214 cm³/mol. The Kier molecular flexibility index (Phi) is 13.1. The quantitative estimate of drug-likeness (QED) is 0.0473. The highest BCUT2D eigenvalue weighted by Crippen LogP contribution is 2.44. The lowest BCUT2D eigenvalue weighted by atomic mass is 9.94. The molecule has 2 aliphatic heterocycles. The van der Waals surface area contributed by atoms with Gasteiger partial charge in [-0.05, 0) is 92.6 Å². The van der Waals surface area contributed by atoms with Crippen molar-refractivity contribution in [2.75, 3.05) is 38.5 Å². The maximum Gasteiger partial charge on any atom is 0.408 e. The lowest BCUT2D eigenvalue weighted by molar-refractivity contribution is -0.157. The molecule has 308 valence electrons. The molecule has 0 aliphatic carbocycles. The number of amides is 1. The van der Waals surface area contributed by atoms with Crippen LogP contribution in [-0.2, 0) is 39.2 Å². The maximum absolute atomic E-state index is 14.0. The predicted octanol–water partition coefficient (Wildman–Crippen LogP) is 7.12. The first kappa shape index (κ1) is 43.2. The van der Waals surface area contributed by atoms with Crippen LogP contribution in [0.5, 0.6) is 0 Å². The van der Waals surface area contributed by atoms with E-state index in [4.69, 9.17) is 14.3 Å². The zero-order valence-electron chi connectivity index (χ0n) is 33.6. The third kappa shape index (κ3) is 9.61. The second-order valence-electron chi connectivity index (χ2n) is 17.0. The number of hydrogen-bond acceptors (Lipinski definition) is 12. The van der Waals surface area contributed by atoms with Crippen molar-refractivity contribution in [2.45, 2.75) is 96.6 Å². The molecule has 0 spiro atoms. The van der Waals surface area contributed by atoms with Gasteiger partial charge in [-0.15, -0.1) is 4.91 Å². The highest BCUT2D eigenvalue weighted by Gasteiger charge is 2.34. The Morgan fingerprint density at radius 2 is 1.23 bits per heavy atom. The third-order valence-corrected chi connectivity index (χ3v) is 13.8. The topological polar surface area (TPSA) is 190 Å². The second kappa shape index (κ2) is 16.9. The molecule has 5 atom stereocenters. The summed E-state index contributed by atoms with van der Waals surface area (Å²) in [5.41, 5.74) is 2.11. The van der Waals surface area contributed by atoms with Gasteiger partial charge in [-0.1, -0.05) is 53.7 Å². The van der Waals surface area contributed by atoms with Crippen molar-refractivity contribution < 1.29 is 40.7 Å². The Bertz CT molecular complexity index is 2050. The van der Waals surface area contributed by atoms with Gasteiger partial charge in [-0.3, -0.25) is 5.48 Å². The number of hydrogen-bond donors (Lipinski definition) is 2. The molecule has 1 amide bonds. The van der Waals surface area contributed by atoms with Crippen LogP contribution in [0, 0.1) is 34.5 Å². The Labute approximate surface area is 329 Å². The number of carbonyl (C=O) groups is 2. The van der Waals surface area contributed by atoms with E-state index in [2.05, 4.69) is 16.0 Å². The summed E-state index contributed by atoms with van der Waals surface area (Å²) in [7, 11) is -7.99. The summed E-state index contributed by atoms with van der Waals surface area (Å²) in [5, 5.41) is 6.85. The fraction of sp³-hybridized carbons (Fsp3) is 0.590. The lowest BCUT2D eigenvalue weighted by Gasteiger charge is -2.34. The smallest absolute Gasteiger partial charge is 0.408 e. The molecule has 56 heavy (non-hydrogen) atoms. The Balaban J connectivity index is 1.54. The highest BCUT2D eigenvalue weighted by molar-refractivity contribution is 7.89. The zero-order chi connectivity index (χ0) is 41.3. The molecule has 15 nitrogen and oxygen atoms in total. The monoisotopic (exact) mass is 817 g/mol. The van der Waals surface area contributed by atoms with Crippen LogP contribution in [0.15, 0.2) is 51.4 Å². The van der Waals surface area contributed by atoms with Gasteiger partial charge in [0.1, 0.15) is 17.3 Å². The van der Waals surface area contributed by atoms with E-state index in [1.54, 1.807) is 34.6 Å². The van der Waals surface area contributed by atoms with Crippen LogP contribution in [0.25, 0.3) is 21.5 Å². The van der Waals surface area contributed by atoms with Gasteiger partial charge in [0, 0.05) is 47.7 Å². The molecule has 2 heterocycles. The third-order valence-electron chi connectivity index (χ3n) is 10.1. The van der Waals surface area contributed by atoms with Gasteiger partial charge >= 0.3 is 12.1 Å². The van der Waals surface area contributed by atoms with Crippen LogP contribution in [0.4, 0.5) is 16.2 Å². The van der Waals surface area contributed by atoms with Gasteiger partial charge in [0.2, 0.25) is 26.8 Å². The summed E-state index contributed by atoms with van der Waals surface area (Å²) in [6, 6.07) is 7.66.